The van der Waals surface area contributed by atoms with Crippen molar-refractivity contribution in [3.8, 4) is 0 Å². The monoisotopic (exact) mass is 220 g/mol. The molecule has 1 heterocycles. The summed E-state index contributed by atoms with van der Waals surface area (Å²) < 4.78 is 4.91. The number of rotatable bonds is 3. The molecular weight excluding hydrogens is 204 g/mol. The second-order valence-electron chi connectivity index (χ2n) is 4.12. The third-order valence-electron chi connectivity index (χ3n) is 2.37. The molecule has 1 amide bonds. The van der Waals surface area contributed by atoms with Crippen molar-refractivity contribution in [2.75, 3.05) is 23.4 Å². The first-order chi connectivity index (χ1) is 7.66. The molecule has 0 radical (unpaired) electrons. The van der Waals surface area contributed by atoms with E-state index in [0.717, 1.165) is 11.4 Å². The predicted octanol–water partition coefficient (Wildman–Crippen LogP) is 2.46. The van der Waals surface area contributed by atoms with Crippen LogP contribution in [0.4, 0.5) is 16.2 Å². The summed E-state index contributed by atoms with van der Waals surface area (Å²) in [7, 11) is 0. The Bertz CT molecular complexity index is 390. The molecule has 1 aliphatic rings. The van der Waals surface area contributed by atoms with E-state index in [1.54, 1.807) is 4.90 Å². The zero-order valence-corrected chi connectivity index (χ0v) is 9.56. The molecule has 0 aliphatic carbocycles. The van der Waals surface area contributed by atoms with Crippen molar-refractivity contribution >= 4 is 17.5 Å². The van der Waals surface area contributed by atoms with Gasteiger partial charge in [-0.3, -0.25) is 4.90 Å². The molecule has 0 bridgehead atoms. The Kier molecular flexibility index (Phi) is 2.99. The van der Waals surface area contributed by atoms with Crippen molar-refractivity contribution < 1.29 is 9.53 Å². The van der Waals surface area contributed by atoms with Crippen LogP contribution in [-0.4, -0.2) is 25.3 Å². The minimum Gasteiger partial charge on any atom is -0.447 e. The van der Waals surface area contributed by atoms with E-state index in [1.165, 1.54) is 0 Å². The van der Waals surface area contributed by atoms with Crippen LogP contribution >= 0.6 is 0 Å². The zero-order valence-electron chi connectivity index (χ0n) is 9.56. The molecule has 0 atom stereocenters. The lowest BCUT2D eigenvalue weighted by Crippen LogP contribution is -2.23. The van der Waals surface area contributed by atoms with Gasteiger partial charge in [-0.25, -0.2) is 4.79 Å². The van der Waals surface area contributed by atoms with Crippen molar-refractivity contribution in [1.29, 1.82) is 0 Å². The summed E-state index contributed by atoms with van der Waals surface area (Å²) >= 11 is 0. The summed E-state index contributed by atoms with van der Waals surface area (Å²) in [6, 6.07) is 8.18. The van der Waals surface area contributed by atoms with Gasteiger partial charge in [0.15, 0.2) is 0 Å². The number of ether oxygens (including phenoxy) is 1. The summed E-state index contributed by atoms with van der Waals surface area (Å²) in [5, 5.41) is 3.30. The number of nitrogens with zero attached hydrogens (tertiary/aromatic N) is 1. The summed E-state index contributed by atoms with van der Waals surface area (Å²) in [6.07, 6.45) is -0.262. The fraction of sp³-hybridized carbons (Fsp3) is 0.417. The normalized spacial score (nSPS) is 15.4. The highest BCUT2D eigenvalue weighted by molar-refractivity contribution is 5.89. The molecule has 0 spiro atoms. The molecular formula is C12H16N2O2. The van der Waals surface area contributed by atoms with Gasteiger partial charge in [-0.15, -0.1) is 0 Å². The number of cyclic esters (lactones) is 1. The van der Waals surface area contributed by atoms with Gasteiger partial charge in [-0.2, -0.15) is 0 Å². The molecule has 1 aromatic rings. The van der Waals surface area contributed by atoms with Gasteiger partial charge < -0.3 is 10.1 Å². The van der Waals surface area contributed by atoms with E-state index >= 15 is 0 Å². The van der Waals surface area contributed by atoms with Crippen LogP contribution in [0.1, 0.15) is 13.8 Å². The number of carbonyl (C=O) groups excluding carboxylic acids is 1. The standard InChI is InChI=1S/C12H16N2O2/c1-9(2)13-10-4-3-5-11(8-10)14-6-7-16-12(14)15/h3-5,8-9,13H,6-7H2,1-2H3. The van der Waals surface area contributed by atoms with Gasteiger partial charge in [-0.05, 0) is 32.0 Å². The molecule has 86 valence electrons. The quantitative estimate of drug-likeness (QED) is 0.850. The lowest BCUT2D eigenvalue weighted by atomic mass is 10.2. The Morgan fingerprint density at radius 1 is 1.44 bits per heavy atom. The largest absolute Gasteiger partial charge is 0.447 e. The van der Waals surface area contributed by atoms with Crippen LogP contribution in [-0.2, 0) is 4.74 Å². The van der Waals surface area contributed by atoms with Crippen LogP contribution in [0.2, 0.25) is 0 Å². The Morgan fingerprint density at radius 3 is 2.88 bits per heavy atom. The summed E-state index contributed by atoms with van der Waals surface area (Å²) in [5.74, 6) is 0. The number of benzene rings is 1. The molecule has 4 heteroatoms. The average molecular weight is 220 g/mol. The molecule has 2 rings (SSSR count). The lowest BCUT2D eigenvalue weighted by Gasteiger charge is -2.15. The highest BCUT2D eigenvalue weighted by Crippen LogP contribution is 2.22. The Hall–Kier alpha value is -1.71. The molecule has 1 N–H and O–H groups in total. The van der Waals surface area contributed by atoms with Crippen molar-refractivity contribution in [2.45, 2.75) is 19.9 Å². The summed E-state index contributed by atoms with van der Waals surface area (Å²) in [5.41, 5.74) is 1.90. The Labute approximate surface area is 95.2 Å². The van der Waals surface area contributed by atoms with Crippen molar-refractivity contribution in [3.63, 3.8) is 0 Å². The van der Waals surface area contributed by atoms with Crippen molar-refractivity contribution in [3.05, 3.63) is 24.3 Å². The molecule has 0 aromatic heterocycles. The van der Waals surface area contributed by atoms with Gasteiger partial charge in [0, 0.05) is 17.4 Å². The predicted molar refractivity (Wildman–Crippen MR) is 63.9 cm³/mol. The van der Waals surface area contributed by atoms with Gasteiger partial charge in [0.1, 0.15) is 6.61 Å². The van der Waals surface area contributed by atoms with Crippen LogP contribution in [0.5, 0.6) is 0 Å². The fourth-order valence-corrected chi connectivity index (χ4v) is 1.72. The summed E-state index contributed by atoms with van der Waals surface area (Å²) in [6.45, 7) is 5.26. The first-order valence-electron chi connectivity index (χ1n) is 5.48. The maximum absolute atomic E-state index is 11.4. The second kappa shape index (κ2) is 4.43. The molecule has 1 fully saturated rings. The van der Waals surface area contributed by atoms with Crippen molar-refractivity contribution in [2.24, 2.45) is 0 Å². The van der Waals surface area contributed by atoms with E-state index in [2.05, 4.69) is 19.2 Å². The third kappa shape index (κ3) is 2.27. The second-order valence-corrected chi connectivity index (χ2v) is 4.12. The maximum atomic E-state index is 11.4. The number of anilines is 2. The molecule has 1 saturated heterocycles. The van der Waals surface area contributed by atoms with Crippen LogP contribution in [0.15, 0.2) is 24.3 Å². The van der Waals surface area contributed by atoms with E-state index in [0.29, 0.717) is 19.2 Å². The highest BCUT2D eigenvalue weighted by Gasteiger charge is 2.23. The van der Waals surface area contributed by atoms with E-state index in [4.69, 9.17) is 4.74 Å². The molecule has 1 aliphatic heterocycles. The highest BCUT2D eigenvalue weighted by atomic mass is 16.6. The smallest absolute Gasteiger partial charge is 0.414 e. The maximum Gasteiger partial charge on any atom is 0.414 e. The Balaban J connectivity index is 2.18. The number of carbonyl (C=O) groups is 1. The third-order valence-corrected chi connectivity index (χ3v) is 2.37. The Morgan fingerprint density at radius 2 is 2.25 bits per heavy atom. The van der Waals surface area contributed by atoms with Gasteiger partial charge in [0.05, 0.1) is 6.54 Å². The number of hydrogen-bond donors (Lipinski definition) is 1. The molecule has 0 unspecified atom stereocenters. The molecule has 4 nitrogen and oxygen atoms in total. The van der Waals surface area contributed by atoms with Gasteiger partial charge in [0.2, 0.25) is 0 Å². The van der Waals surface area contributed by atoms with Crippen LogP contribution in [0.25, 0.3) is 0 Å². The first-order valence-corrected chi connectivity index (χ1v) is 5.48. The van der Waals surface area contributed by atoms with E-state index in [1.807, 2.05) is 24.3 Å². The van der Waals surface area contributed by atoms with Gasteiger partial charge >= 0.3 is 6.09 Å². The molecule has 1 aromatic carbocycles. The average Bonchev–Trinajstić information content (AvgIpc) is 2.64. The van der Waals surface area contributed by atoms with Crippen LogP contribution < -0.4 is 10.2 Å². The van der Waals surface area contributed by atoms with Crippen molar-refractivity contribution in [1.82, 2.24) is 0 Å². The van der Waals surface area contributed by atoms with Crippen LogP contribution in [0.3, 0.4) is 0 Å². The minimum absolute atomic E-state index is 0.262. The SMILES string of the molecule is CC(C)Nc1cccc(N2CCOC2=O)c1. The summed E-state index contributed by atoms with van der Waals surface area (Å²) in [4.78, 5) is 13.0. The fourth-order valence-electron chi connectivity index (χ4n) is 1.72. The van der Waals surface area contributed by atoms with Gasteiger partial charge in [-0.1, -0.05) is 6.07 Å². The topological polar surface area (TPSA) is 41.6 Å². The first kappa shape index (κ1) is 10.8. The lowest BCUT2D eigenvalue weighted by molar-refractivity contribution is 0.181. The number of nitrogens with one attached hydrogen (secondary N) is 1. The van der Waals surface area contributed by atoms with Crippen LogP contribution in [0, 0.1) is 0 Å². The van der Waals surface area contributed by atoms with E-state index in [-0.39, 0.29) is 6.09 Å². The van der Waals surface area contributed by atoms with E-state index in [9.17, 15) is 4.79 Å². The molecule has 16 heavy (non-hydrogen) atoms. The minimum atomic E-state index is -0.262. The van der Waals surface area contributed by atoms with Gasteiger partial charge in [0.25, 0.3) is 0 Å². The number of hydrogen-bond acceptors (Lipinski definition) is 3. The number of amides is 1. The molecule has 0 saturated carbocycles. The van der Waals surface area contributed by atoms with E-state index < -0.39 is 0 Å². The zero-order chi connectivity index (χ0) is 11.5.